The third-order valence-corrected chi connectivity index (χ3v) is 3.91. The molecule has 4 amide bonds. The van der Waals surface area contributed by atoms with E-state index in [1.54, 1.807) is 0 Å². The van der Waals surface area contributed by atoms with Crippen molar-refractivity contribution in [2.45, 2.75) is 25.2 Å². The molecule has 10 heteroatoms. The van der Waals surface area contributed by atoms with Crippen molar-refractivity contribution in [1.82, 2.24) is 15.1 Å². The predicted molar refractivity (Wildman–Crippen MR) is 77.6 cm³/mol. The van der Waals surface area contributed by atoms with Crippen LogP contribution in [0.3, 0.4) is 0 Å². The highest BCUT2D eigenvalue weighted by atomic mass is 19.4. The number of halogens is 4. The summed E-state index contributed by atoms with van der Waals surface area (Å²) in [7, 11) is 2.66. The number of hydrogen-bond acceptors (Lipinski definition) is 3. The largest absolute Gasteiger partial charge is 0.416 e. The van der Waals surface area contributed by atoms with Crippen molar-refractivity contribution in [3.8, 4) is 0 Å². The van der Waals surface area contributed by atoms with Gasteiger partial charge in [0.05, 0.1) is 12.0 Å². The molecule has 0 unspecified atom stereocenters. The molecule has 25 heavy (non-hydrogen) atoms. The van der Waals surface area contributed by atoms with Crippen molar-refractivity contribution in [2.75, 3.05) is 14.1 Å². The number of hydrogen-bond donors (Lipinski definition) is 1. The molecule has 0 radical (unpaired) electrons. The van der Waals surface area contributed by atoms with Gasteiger partial charge in [-0.05, 0) is 12.1 Å². The summed E-state index contributed by atoms with van der Waals surface area (Å²) in [5.41, 5.74) is -1.25. The zero-order chi connectivity index (χ0) is 18.9. The minimum atomic E-state index is -4.66. The van der Waals surface area contributed by atoms with Gasteiger partial charge in [-0.3, -0.25) is 14.5 Å². The van der Waals surface area contributed by atoms with E-state index in [1.165, 1.54) is 14.1 Å². The van der Waals surface area contributed by atoms with E-state index in [4.69, 9.17) is 0 Å². The molecule has 0 aromatic heterocycles. The maximum absolute atomic E-state index is 13.7. The van der Waals surface area contributed by atoms with Crippen LogP contribution in [0.15, 0.2) is 18.2 Å². The lowest BCUT2D eigenvalue weighted by Gasteiger charge is -2.16. The molecule has 6 nitrogen and oxygen atoms in total. The topological polar surface area (TPSA) is 69.7 Å². The number of carbonyl (C=O) groups is 3. The number of likely N-dealkylation sites (N-methyl/N-ethyl adjacent to an activating group) is 2. The van der Waals surface area contributed by atoms with Gasteiger partial charge in [0.2, 0.25) is 5.91 Å². The Labute approximate surface area is 140 Å². The highest BCUT2D eigenvalue weighted by Gasteiger charge is 2.41. The van der Waals surface area contributed by atoms with Crippen LogP contribution in [0.4, 0.5) is 22.4 Å². The summed E-state index contributed by atoms with van der Waals surface area (Å²) in [5.74, 6) is -2.27. The zero-order valence-corrected chi connectivity index (χ0v) is 13.4. The van der Waals surface area contributed by atoms with Gasteiger partial charge in [0.25, 0.3) is 5.91 Å². The van der Waals surface area contributed by atoms with E-state index >= 15 is 0 Å². The quantitative estimate of drug-likeness (QED) is 0.656. The second-order valence-corrected chi connectivity index (χ2v) is 5.59. The molecule has 136 valence electrons. The van der Waals surface area contributed by atoms with Gasteiger partial charge in [0.15, 0.2) is 0 Å². The zero-order valence-electron chi connectivity index (χ0n) is 13.4. The highest BCUT2D eigenvalue weighted by molar-refractivity contribution is 6.05. The Morgan fingerprint density at radius 2 is 1.88 bits per heavy atom. The minimum Gasteiger partial charge on any atom is -0.352 e. The Hall–Kier alpha value is -2.65. The number of nitrogens with zero attached hydrogens (tertiary/aromatic N) is 2. The number of alkyl halides is 3. The summed E-state index contributed by atoms with van der Waals surface area (Å²) in [5, 5.41) is 2.33. The Morgan fingerprint density at radius 3 is 2.36 bits per heavy atom. The van der Waals surface area contributed by atoms with E-state index in [0.29, 0.717) is 12.1 Å². The Kier molecular flexibility index (Phi) is 5.00. The fourth-order valence-electron chi connectivity index (χ4n) is 2.39. The standard InChI is InChI=1S/C15H15F4N3O3/c1-21-11(13(24)22(2)14(21)25)6-12(23)20-7-8-3-4-9(5-10(8)16)15(17,18)19/h3-5,11H,6-7H2,1-2H3,(H,20,23)/t11-/m1/s1. The number of imide groups is 1. The van der Waals surface area contributed by atoms with Gasteiger partial charge >= 0.3 is 12.2 Å². The molecule has 0 saturated carbocycles. The van der Waals surface area contributed by atoms with Crippen LogP contribution in [0.1, 0.15) is 17.5 Å². The molecule has 1 fully saturated rings. The molecule has 1 aromatic carbocycles. The first-order valence-corrected chi connectivity index (χ1v) is 7.19. The van der Waals surface area contributed by atoms with Gasteiger partial charge < -0.3 is 10.2 Å². The Bertz CT molecular complexity index is 720. The molecule has 1 N–H and O–H groups in total. The lowest BCUT2D eigenvalue weighted by molar-refractivity contribution is -0.137. The fraction of sp³-hybridized carbons (Fsp3) is 0.400. The number of nitrogens with one attached hydrogen (secondary N) is 1. The van der Waals surface area contributed by atoms with Crippen LogP contribution in [0, 0.1) is 5.82 Å². The average molecular weight is 361 g/mol. The monoisotopic (exact) mass is 361 g/mol. The van der Waals surface area contributed by atoms with Gasteiger partial charge in [-0.1, -0.05) is 6.07 Å². The van der Waals surface area contributed by atoms with Crippen LogP contribution in [-0.4, -0.2) is 47.8 Å². The summed E-state index contributed by atoms with van der Waals surface area (Å²) in [6, 6.07) is 0.491. The molecule has 1 saturated heterocycles. The minimum absolute atomic E-state index is 0.124. The second kappa shape index (κ2) is 6.69. The van der Waals surface area contributed by atoms with Crippen LogP contribution >= 0.6 is 0 Å². The highest BCUT2D eigenvalue weighted by Crippen LogP contribution is 2.30. The maximum atomic E-state index is 13.7. The molecule has 1 aromatic rings. The molecule has 2 rings (SSSR count). The summed E-state index contributed by atoms with van der Waals surface area (Å²) < 4.78 is 51.1. The third-order valence-electron chi connectivity index (χ3n) is 3.91. The van der Waals surface area contributed by atoms with E-state index in [9.17, 15) is 31.9 Å². The average Bonchev–Trinajstić information content (AvgIpc) is 2.70. The van der Waals surface area contributed by atoms with Gasteiger partial charge in [0.1, 0.15) is 11.9 Å². The number of amides is 4. The molecule has 0 spiro atoms. The van der Waals surface area contributed by atoms with Gasteiger partial charge in [-0.25, -0.2) is 9.18 Å². The number of rotatable bonds is 4. The number of benzene rings is 1. The van der Waals surface area contributed by atoms with E-state index < -0.39 is 41.4 Å². The van der Waals surface area contributed by atoms with Crippen LogP contribution < -0.4 is 5.32 Å². The van der Waals surface area contributed by atoms with Crippen LogP contribution in [-0.2, 0) is 22.3 Å². The van der Waals surface area contributed by atoms with E-state index in [1.807, 2.05) is 0 Å². The second-order valence-electron chi connectivity index (χ2n) is 5.59. The summed E-state index contributed by atoms with van der Waals surface area (Å²) >= 11 is 0. The Morgan fingerprint density at radius 1 is 1.24 bits per heavy atom. The van der Waals surface area contributed by atoms with Crippen LogP contribution in [0.5, 0.6) is 0 Å². The number of urea groups is 1. The summed E-state index contributed by atoms with van der Waals surface area (Å²) in [4.78, 5) is 37.3. The predicted octanol–water partition coefficient (Wildman–Crippen LogP) is 1.74. The van der Waals surface area contributed by atoms with Crippen LogP contribution in [0.25, 0.3) is 0 Å². The maximum Gasteiger partial charge on any atom is 0.416 e. The van der Waals surface area contributed by atoms with E-state index in [-0.39, 0.29) is 18.5 Å². The molecule has 1 aliphatic heterocycles. The molecule has 1 aliphatic rings. The first-order valence-electron chi connectivity index (χ1n) is 7.19. The van der Waals surface area contributed by atoms with Crippen molar-refractivity contribution in [3.63, 3.8) is 0 Å². The smallest absolute Gasteiger partial charge is 0.352 e. The van der Waals surface area contributed by atoms with Crippen molar-refractivity contribution >= 4 is 17.8 Å². The summed E-state index contributed by atoms with van der Waals surface area (Å²) in [6.07, 6.45) is -4.98. The molecule has 1 atom stereocenters. The van der Waals surface area contributed by atoms with Crippen LogP contribution in [0.2, 0.25) is 0 Å². The molecular formula is C15H15F4N3O3. The first kappa shape index (κ1) is 18.7. The SMILES string of the molecule is CN1C(=O)[C@@H](CC(=O)NCc2ccc(C(F)(F)F)cc2F)N(C)C1=O. The summed E-state index contributed by atoms with van der Waals surface area (Å²) in [6.45, 7) is -0.336. The first-order chi connectivity index (χ1) is 11.5. The van der Waals surface area contributed by atoms with E-state index in [2.05, 4.69) is 5.32 Å². The van der Waals surface area contributed by atoms with Crippen molar-refractivity contribution in [1.29, 1.82) is 0 Å². The third kappa shape index (κ3) is 3.89. The molecule has 0 aliphatic carbocycles. The fourth-order valence-corrected chi connectivity index (χ4v) is 2.39. The lowest BCUT2D eigenvalue weighted by atomic mass is 10.1. The Balaban J connectivity index is 1.97. The molecule has 0 bridgehead atoms. The van der Waals surface area contributed by atoms with Crippen molar-refractivity contribution < 1.29 is 31.9 Å². The normalized spacial score (nSPS) is 18.1. The van der Waals surface area contributed by atoms with Crippen molar-refractivity contribution in [3.05, 3.63) is 35.1 Å². The number of carbonyl (C=O) groups excluding carboxylic acids is 3. The van der Waals surface area contributed by atoms with Gasteiger partial charge in [-0.15, -0.1) is 0 Å². The molecule has 1 heterocycles. The lowest BCUT2D eigenvalue weighted by Crippen LogP contribution is -2.37. The van der Waals surface area contributed by atoms with Gasteiger partial charge in [-0.2, -0.15) is 13.2 Å². The van der Waals surface area contributed by atoms with Crippen molar-refractivity contribution in [2.24, 2.45) is 0 Å². The van der Waals surface area contributed by atoms with E-state index in [0.717, 1.165) is 15.9 Å². The van der Waals surface area contributed by atoms with Gasteiger partial charge in [0, 0.05) is 26.2 Å². The molecular weight excluding hydrogens is 346 g/mol.